The van der Waals surface area contributed by atoms with Crippen LogP contribution < -0.4 is 4.74 Å². The predicted octanol–water partition coefficient (Wildman–Crippen LogP) is 5.95. The number of ether oxygens (including phenoxy) is 1. The van der Waals surface area contributed by atoms with Gasteiger partial charge in [0.1, 0.15) is 17.9 Å². The van der Waals surface area contributed by atoms with Crippen LogP contribution in [0.3, 0.4) is 0 Å². The quantitative estimate of drug-likeness (QED) is 0.444. The van der Waals surface area contributed by atoms with Gasteiger partial charge in [-0.05, 0) is 61.1 Å². The Hall–Kier alpha value is -3.15. The molecule has 0 spiro atoms. The highest BCUT2D eigenvalue weighted by atomic mass is 16.5. The molecule has 32 heavy (non-hydrogen) atoms. The number of fused-ring (bicyclic) bond motifs is 1. The van der Waals surface area contributed by atoms with Gasteiger partial charge < -0.3 is 14.3 Å². The fourth-order valence-corrected chi connectivity index (χ4v) is 3.57. The molecule has 170 valence electrons. The maximum atomic E-state index is 12.1. The van der Waals surface area contributed by atoms with Gasteiger partial charge >= 0.3 is 5.97 Å². The van der Waals surface area contributed by atoms with Crippen LogP contribution >= 0.6 is 0 Å². The van der Waals surface area contributed by atoms with Crippen LogP contribution in [-0.2, 0) is 11.2 Å². The van der Waals surface area contributed by atoms with E-state index in [0.717, 1.165) is 24.2 Å². The molecule has 6 nitrogen and oxygen atoms in total. The SMILES string of the molecule is CCC(CCc1nc2cc(C(=O)O)ccc2o1)c1ccc(OCC(=O)C(C)(C)C)c(C)c1. The van der Waals surface area contributed by atoms with Crippen LogP contribution in [0, 0.1) is 12.3 Å². The largest absolute Gasteiger partial charge is 0.486 e. The second-order valence-corrected chi connectivity index (χ2v) is 9.23. The molecule has 0 aliphatic rings. The summed E-state index contributed by atoms with van der Waals surface area (Å²) in [4.78, 5) is 27.8. The Labute approximate surface area is 188 Å². The van der Waals surface area contributed by atoms with E-state index in [0.29, 0.717) is 29.3 Å². The number of aryl methyl sites for hydroxylation is 2. The third kappa shape index (κ3) is 5.55. The van der Waals surface area contributed by atoms with Crippen LogP contribution in [0.2, 0.25) is 0 Å². The molecule has 3 rings (SSSR count). The van der Waals surface area contributed by atoms with Crippen LogP contribution in [0.25, 0.3) is 11.1 Å². The van der Waals surface area contributed by atoms with E-state index in [2.05, 4.69) is 24.0 Å². The second kappa shape index (κ2) is 9.55. The molecular formula is C26H31NO5. The molecule has 0 amide bonds. The lowest BCUT2D eigenvalue weighted by Crippen LogP contribution is -2.26. The number of carboxylic acids is 1. The zero-order valence-corrected chi connectivity index (χ0v) is 19.4. The number of aromatic carboxylic acids is 1. The average Bonchev–Trinajstić information content (AvgIpc) is 3.14. The van der Waals surface area contributed by atoms with Gasteiger partial charge in [-0.15, -0.1) is 0 Å². The first-order valence-corrected chi connectivity index (χ1v) is 11.0. The number of hydrogen-bond donors (Lipinski definition) is 1. The Morgan fingerprint density at radius 3 is 2.53 bits per heavy atom. The van der Waals surface area contributed by atoms with Gasteiger partial charge in [-0.3, -0.25) is 4.79 Å². The molecule has 1 unspecified atom stereocenters. The molecule has 1 N–H and O–H groups in total. The summed E-state index contributed by atoms with van der Waals surface area (Å²) in [5, 5.41) is 9.14. The van der Waals surface area contributed by atoms with Crippen molar-refractivity contribution >= 4 is 22.9 Å². The molecule has 3 aromatic rings. The number of carbonyl (C=O) groups excluding carboxylic acids is 1. The van der Waals surface area contributed by atoms with Crippen molar-refractivity contribution in [3.8, 4) is 5.75 Å². The van der Waals surface area contributed by atoms with Crippen molar-refractivity contribution in [2.45, 2.75) is 59.8 Å². The van der Waals surface area contributed by atoms with Crippen molar-refractivity contribution in [2.75, 3.05) is 6.61 Å². The van der Waals surface area contributed by atoms with E-state index in [4.69, 9.17) is 14.3 Å². The first-order chi connectivity index (χ1) is 15.1. The highest BCUT2D eigenvalue weighted by Crippen LogP contribution is 2.30. The van der Waals surface area contributed by atoms with E-state index in [9.17, 15) is 9.59 Å². The number of aromatic nitrogens is 1. The van der Waals surface area contributed by atoms with E-state index in [1.165, 1.54) is 17.7 Å². The lowest BCUT2D eigenvalue weighted by Gasteiger charge is -2.19. The number of oxazole rings is 1. The smallest absolute Gasteiger partial charge is 0.335 e. The Balaban J connectivity index is 1.66. The molecule has 0 aliphatic heterocycles. The van der Waals surface area contributed by atoms with Crippen LogP contribution in [-0.4, -0.2) is 28.4 Å². The van der Waals surface area contributed by atoms with Crippen LogP contribution in [0.1, 0.15) is 73.8 Å². The molecular weight excluding hydrogens is 406 g/mol. The molecule has 0 fully saturated rings. The van der Waals surface area contributed by atoms with Crippen LogP contribution in [0.5, 0.6) is 5.75 Å². The molecule has 0 radical (unpaired) electrons. The number of Topliss-reactive ketones (excluding diaryl/α,β-unsaturated/α-hetero) is 1. The summed E-state index contributed by atoms with van der Waals surface area (Å²) >= 11 is 0. The molecule has 1 heterocycles. The fourth-order valence-electron chi connectivity index (χ4n) is 3.57. The van der Waals surface area contributed by atoms with E-state index in [1.807, 2.05) is 33.8 Å². The molecule has 0 aliphatic carbocycles. The van der Waals surface area contributed by atoms with Gasteiger partial charge in [-0.2, -0.15) is 0 Å². The molecule has 1 aromatic heterocycles. The van der Waals surface area contributed by atoms with Crippen molar-refractivity contribution in [3.63, 3.8) is 0 Å². The van der Waals surface area contributed by atoms with E-state index < -0.39 is 11.4 Å². The minimum Gasteiger partial charge on any atom is -0.486 e. The minimum atomic E-state index is -0.979. The first kappa shape index (κ1) is 23.5. The normalized spacial score (nSPS) is 12.7. The lowest BCUT2D eigenvalue weighted by molar-refractivity contribution is -0.128. The number of ketones is 1. The predicted molar refractivity (Wildman–Crippen MR) is 123 cm³/mol. The number of benzene rings is 2. The van der Waals surface area contributed by atoms with Gasteiger partial charge in [0, 0.05) is 11.8 Å². The van der Waals surface area contributed by atoms with Crippen LogP contribution in [0.4, 0.5) is 0 Å². The third-order valence-electron chi connectivity index (χ3n) is 5.74. The average molecular weight is 438 g/mol. The van der Waals surface area contributed by atoms with Crippen molar-refractivity contribution in [1.29, 1.82) is 0 Å². The topological polar surface area (TPSA) is 89.6 Å². The summed E-state index contributed by atoms with van der Waals surface area (Å²) in [6, 6.07) is 10.8. The molecule has 0 saturated carbocycles. The molecule has 1 atom stereocenters. The van der Waals surface area contributed by atoms with Gasteiger partial charge in [-0.25, -0.2) is 9.78 Å². The minimum absolute atomic E-state index is 0.0706. The fraction of sp³-hybridized carbons (Fsp3) is 0.423. The molecule has 0 bridgehead atoms. The van der Waals surface area contributed by atoms with Crippen molar-refractivity contribution < 1.29 is 23.8 Å². The summed E-state index contributed by atoms with van der Waals surface area (Å²) in [5.41, 5.74) is 3.16. The monoisotopic (exact) mass is 437 g/mol. The number of nitrogens with zero attached hydrogens (tertiary/aromatic N) is 1. The maximum Gasteiger partial charge on any atom is 0.335 e. The summed E-state index contributed by atoms with van der Waals surface area (Å²) in [6.45, 7) is 9.89. The highest BCUT2D eigenvalue weighted by molar-refractivity contribution is 5.91. The standard InChI is InChI=1S/C26H31NO5/c1-6-17(9-12-24-27-20-14-19(25(29)30)8-11-22(20)32-24)18-7-10-21(16(2)13-18)31-15-23(28)26(3,4)5/h7-8,10-11,13-14,17H,6,9,12,15H2,1-5H3,(H,29,30). The number of carboxylic acid groups (broad SMARTS) is 1. The second-order valence-electron chi connectivity index (χ2n) is 9.23. The zero-order valence-electron chi connectivity index (χ0n) is 19.4. The maximum absolute atomic E-state index is 12.1. The summed E-state index contributed by atoms with van der Waals surface area (Å²) in [6.07, 6.45) is 2.48. The van der Waals surface area contributed by atoms with Gasteiger partial charge in [0.05, 0.1) is 5.56 Å². The third-order valence-corrected chi connectivity index (χ3v) is 5.74. The van der Waals surface area contributed by atoms with E-state index in [-0.39, 0.29) is 18.0 Å². The van der Waals surface area contributed by atoms with Gasteiger partial charge in [0.2, 0.25) is 0 Å². The first-order valence-electron chi connectivity index (χ1n) is 11.0. The summed E-state index contributed by atoms with van der Waals surface area (Å²) in [7, 11) is 0. The Bertz CT molecular complexity index is 1120. The van der Waals surface area contributed by atoms with Gasteiger partial charge in [-0.1, -0.05) is 39.8 Å². The number of rotatable bonds is 9. The zero-order chi connectivity index (χ0) is 23.5. The van der Waals surface area contributed by atoms with E-state index in [1.54, 1.807) is 6.07 Å². The number of hydrogen-bond acceptors (Lipinski definition) is 5. The van der Waals surface area contributed by atoms with E-state index >= 15 is 0 Å². The summed E-state index contributed by atoms with van der Waals surface area (Å²) in [5.74, 6) is 0.755. The Kier molecular flexibility index (Phi) is 7.02. The van der Waals surface area contributed by atoms with Crippen molar-refractivity contribution in [3.05, 3.63) is 59.0 Å². The highest BCUT2D eigenvalue weighted by Gasteiger charge is 2.22. The lowest BCUT2D eigenvalue weighted by atomic mass is 9.90. The van der Waals surface area contributed by atoms with Gasteiger partial charge in [0.15, 0.2) is 17.3 Å². The Morgan fingerprint density at radius 2 is 1.91 bits per heavy atom. The molecule has 6 heteroatoms. The van der Waals surface area contributed by atoms with Gasteiger partial charge in [0.25, 0.3) is 0 Å². The van der Waals surface area contributed by atoms with Crippen molar-refractivity contribution in [2.24, 2.45) is 5.41 Å². The van der Waals surface area contributed by atoms with Crippen molar-refractivity contribution in [1.82, 2.24) is 4.98 Å². The van der Waals surface area contributed by atoms with Crippen LogP contribution in [0.15, 0.2) is 40.8 Å². The molecule has 2 aromatic carbocycles. The molecule has 0 saturated heterocycles. The summed E-state index contributed by atoms with van der Waals surface area (Å²) < 4.78 is 11.6. The number of carbonyl (C=O) groups is 2. The Morgan fingerprint density at radius 1 is 1.16 bits per heavy atom.